The summed E-state index contributed by atoms with van der Waals surface area (Å²) in [5.74, 6) is 2.29. The van der Waals surface area contributed by atoms with Crippen LogP contribution in [0, 0.1) is 17.3 Å². The molecule has 1 aromatic rings. The Morgan fingerprint density at radius 1 is 1.21 bits per heavy atom. The van der Waals surface area contributed by atoms with E-state index < -0.39 is 0 Å². The van der Waals surface area contributed by atoms with Gasteiger partial charge in [-0.15, -0.1) is 0 Å². The van der Waals surface area contributed by atoms with Crippen LogP contribution in [-0.4, -0.2) is 41.9 Å². The van der Waals surface area contributed by atoms with Crippen LogP contribution in [0.1, 0.15) is 70.1 Å². The number of amides is 2. The van der Waals surface area contributed by atoms with E-state index in [0.717, 1.165) is 51.0 Å². The number of furan rings is 1. The lowest BCUT2D eigenvalue weighted by Gasteiger charge is -2.61. The van der Waals surface area contributed by atoms with Gasteiger partial charge in [-0.3, -0.25) is 14.5 Å². The molecule has 3 atom stereocenters. The maximum absolute atomic E-state index is 13.5. The quantitative estimate of drug-likeness (QED) is 0.771. The number of hydrogen-bond acceptors (Lipinski definition) is 4. The van der Waals surface area contributed by atoms with Crippen molar-refractivity contribution in [3.8, 4) is 0 Å². The van der Waals surface area contributed by atoms with Gasteiger partial charge in [0.15, 0.2) is 0 Å². The normalized spacial score (nSPS) is 36.9. The summed E-state index contributed by atoms with van der Waals surface area (Å²) in [6.45, 7) is 4.32. The summed E-state index contributed by atoms with van der Waals surface area (Å²) in [5, 5.41) is 6.58. The highest BCUT2D eigenvalue weighted by molar-refractivity contribution is 5.84. The maximum atomic E-state index is 13.5. The van der Waals surface area contributed by atoms with Crippen LogP contribution < -0.4 is 10.6 Å². The van der Waals surface area contributed by atoms with E-state index in [-0.39, 0.29) is 28.8 Å². The number of rotatable bonds is 6. The molecule has 4 saturated carbocycles. The molecule has 4 bridgehead atoms. The Morgan fingerprint density at radius 3 is 2.55 bits per heavy atom. The van der Waals surface area contributed by atoms with Crippen LogP contribution in [-0.2, 0) is 9.59 Å². The lowest BCUT2D eigenvalue weighted by atomic mass is 9.46. The van der Waals surface area contributed by atoms with Crippen molar-refractivity contribution >= 4 is 11.8 Å². The first-order valence-corrected chi connectivity index (χ1v) is 11.3. The van der Waals surface area contributed by atoms with Crippen LogP contribution in [0.5, 0.6) is 0 Å². The number of nitrogens with zero attached hydrogens (tertiary/aromatic N) is 1. The molecule has 158 valence electrons. The molecule has 0 spiro atoms. The summed E-state index contributed by atoms with van der Waals surface area (Å²) in [6, 6.07) is 4.05. The van der Waals surface area contributed by atoms with Crippen LogP contribution in [0.25, 0.3) is 0 Å². The van der Waals surface area contributed by atoms with Crippen molar-refractivity contribution in [2.24, 2.45) is 17.3 Å². The average molecular weight is 400 g/mol. The molecular formula is C23H33N3O3. The largest absolute Gasteiger partial charge is 0.468 e. The zero-order chi connectivity index (χ0) is 20.1. The molecule has 1 aliphatic heterocycles. The third-order valence-electron chi connectivity index (χ3n) is 7.89. The van der Waals surface area contributed by atoms with E-state index in [4.69, 9.17) is 4.42 Å². The Labute approximate surface area is 172 Å². The second kappa shape index (κ2) is 7.15. The lowest BCUT2D eigenvalue weighted by Crippen LogP contribution is -2.65. The van der Waals surface area contributed by atoms with E-state index >= 15 is 0 Å². The van der Waals surface area contributed by atoms with Crippen LogP contribution in [0.15, 0.2) is 22.8 Å². The molecule has 2 amide bonds. The van der Waals surface area contributed by atoms with E-state index in [2.05, 4.69) is 15.5 Å². The first kappa shape index (κ1) is 19.2. The second-order valence-corrected chi connectivity index (χ2v) is 10.2. The standard InChI is InChI=1S/C23H33N3O3/c1-16(27)25-23-12-17-9-18(13-23)11-22(10-17,15-23)21(28)24-14-19(20-5-4-8-29-20)26-6-2-3-7-26/h4-5,8,17-19H,2-3,6-7,9-15H2,1H3,(H,24,28)(H,25,27). The summed E-state index contributed by atoms with van der Waals surface area (Å²) < 4.78 is 5.71. The highest BCUT2D eigenvalue weighted by Crippen LogP contribution is 2.61. The fraction of sp³-hybridized carbons (Fsp3) is 0.739. The van der Waals surface area contributed by atoms with Gasteiger partial charge in [0.2, 0.25) is 11.8 Å². The van der Waals surface area contributed by atoms with Crippen LogP contribution in [0.4, 0.5) is 0 Å². The minimum atomic E-state index is -0.314. The Kier molecular flexibility index (Phi) is 4.72. The molecule has 5 fully saturated rings. The molecule has 0 radical (unpaired) electrons. The van der Waals surface area contributed by atoms with Crippen LogP contribution in [0.3, 0.4) is 0 Å². The third-order valence-corrected chi connectivity index (χ3v) is 7.89. The molecule has 6 heteroatoms. The molecule has 6 rings (SSSR count). The Hall–Kier alpha value is -1.82. The van der Waals surface area contributed by atoms with E-state index in [0.29, 0.717) is 18.4 Å². The van der Waals surface area contributed by atoms with Gasteiger partial charge in [-0.25, -0.2) is 0 Å². The summed E-state index contributed by atoms with van der Waals surface area (Å²) in [5.41, 5.74) is -0.478. The third kappa shape index (κ3) is 3.49. The summed E-state index contributed by atoms with van der Waals surface area (Å²) in [7, 11) is 0. The summed E-state index contributed by atoms with van der Waals surface area (Å²) in [4.78, 5) is 27.8. The van der Waals surface area contributed by atoms with Gasteiger partial charge in [-0.05, 0) is 88.4 Å². The number of nitrogens with one attached hydrogen (secondary N) is 2. The van der Waals surface area contributed by atoms with Gasteiger partial charge in [0.1, 0.15) is 5.76 Å². The first-order chi connectivity index (χ1) is 14.0. The van der Waals surface area contributed by atoms with Gasteiger partial charge in [-0.1, -0.05) is 0 Å². The molecule has 5 aliphatic rings. The van der Waals surface area contributed by atoms with Crippen molar-refractivity contribution in [3.05, 3.63) is 24.2 Å². The highest BCUT2D eigenvalue weighted by Gasteiger charge is 2.60. The Balaban J connectivity index is 1.31. The highest BCUT2D eigenvalue weighted by atomic mass is 16.3. The smallest absolute Gasteiger partial charge is 0.226 e. The molecule has 0 aromatic carbocycles. The topological polar surface area (TPSA) is 74.6 Å². The first-order valence-electron chi connectivity index (χ1n) is 11.3. The van der Waals surface area contributed by atoms with E-state index in [1.165, 1.54) is 19.3 Å². The maximum Gasteiger partial charge on any atom is 0.226 e. The zero-order valence-electron chi connectivity index (χ0n) is 17.4. The fourth-order valence-electron chi connectivity index (χ4n) is 7.37. The van der Waals surface area contributed by atoms with Gasteiger partial charge >= 0.3 is 0 Å². The number of carbonyl (C=O) groups is 2. The van der Waals surface area contributed by atoms with Gasteiger partial charge in [0.25, 0.3) is 0 Å². The molecule has 3 unspecified atom stereocenters. The zero-order valence-corrected chi connectivity index (χ0v) is 17.4. The summed E-state index contributed by atoms with van der Waals surface area (Å²) in [6.07, 6.45) is 10.2. The molecule has 2 N–H and O–H groups in total. The van der Waals surface area contributed by atoms with Crippen molar-refractivity contribution in [1.29, 1.82) is 0 Å². The van der Waals surface area contributed by atoms with Crippen LogP contribution in [0.2, 0.25) is 0 Å². The van der Waals surface area contributed by atoms with E-state index in [9.17, 15) is 9.59 Å². The summed E-state index contributed by atoms with van der Waals surface area (Å²) >= 11 is 0. The van der Waals surface area contributed by atoms with Gasteiger partial charge in [0, 0.05) is 19.0 Å². The SMILES string of the molecule is CC(=O)NC12CC3CC(C1)CC(C(=O)NCC(c1ccco1)N1CCCC1)(C3)C2. The van der Waals surface area contributed by atoms with Crippen molar-refractivity contribution in [2.75, 3.05) is 19.6 Å². The molecule has 4 aliphatic carbocycles. The second-order valence-electron chi connectivity index (χ2n) is 10.2. The molecule has 1 saturated heterocycles. The monoisotopic (exact) mass is 399 g/mol. The molecule has 1 aromatic heterocycles. The molecule has 29 heavy (non-hydrogen) atoms. The van der Waals surface area contributed by atoms with Gasteiger partial charge in [-0.2, -0.15) is 0 Å². The Bertz CT molecular complexity index is 754. The van der Waals surface area contributed by atoms with E-state index in [1.807, 2.05) is 12.1 Å². The van der Waals surface area contributed by atoms with Crippen LogP contribution >= 0.6 is 0 Å². The molecular weight excluding hydrogens is 366 g/mol. The van der Waals surface area contributed by atoms with Crippen molar-refractivity contribution < 1.29 is 14.0 Å². The van der Waals surface area contributed by atoms with Gasteiger partial charge < -0.3 is 15.1 Å². The lowest BCUT2D eigenvalue weighted by molar-refractivity contribution is -0.153. The minimum absolute atomic E-state index is 0.0365. The fourth-order valence-corrected chi connectivity index (χ4v) is 7.37. The predicted molar refractivity (Wildman–Crippen MR) is 109 cm³/mol. The minimum Gasteiger partial charge on any atom is -0.468 e. The number of hydrogen-bond donors (Lipinski definition) is 2. The van der Waals surface area contributed by atoms with E-state index in [1.54, 1.807) is 13.2 Å². The van der Waals surface area contributed by atoms with Crippen molar-refractivity contribution in [1.82, 2.24) is 15.5 Å². The predicted octanol–water partition coefficient (Wildman–Crippen LogP) is 3.01. The van der Waals surface area contributed by atoms with Crippen molar-refractivity contribution in [2.45, 2.75) is 69.9 Å². The van der Waals surface area contributed by atoms with Gasteiger partial charge in [0.05, 0.1) is 17.7 Å². The number of likely N-dealkylation sites (tertiary alicyclic amines) is 1. The number of carbonyl (C=O) groups excluding carboxylic acids is 2. The Morgan fingerprint density at radius 2 is 1.93 bits per heavy atom. The average Bonchev–Trinajstić information content (AvgIpc) is 3.34. The van der Waals surface area contributed by atoms with Crippen molar-refractivity contribution in [3.63, 3.8) is 0 Å². The molecule has 2 heterocycles. The molecule has 6 nitrogen and oxygen atoms in total.